The van der Waals surface area contributed by atoms with E-state index < -0.39 is 0 Å². The van der Waals surface area contributed by atoms with Gasteiger partial charge in [-0.25, -0.2) is 4.98 Å². The number of aromatic amines is 2. The van der Waals surface area contributed by atoms with Gasteiger partial charge in [-0.2, -0.15) is 5.10 Å². The smallest absolute Gasteiger partial charge is 0.181 e. The third-order valence-electron chi connectivity index (χ3n) is 5.51. The first-order valence-electron chi connectivity index (χ1n) is 10.1. The van der Waals surface area contributed by atoms with E-state index in [2.05, 4.69) is 73.5 Å². The fourth-order valence-corrected chi connectivity index (χ4v) is 3.91. The molecule has 1 aromatic carbocycles. The predicted molar refractivity (Wildman–Crippen MR) is 122 cm³/mol. The molecule has 0 fully saturated rings. The molecule has 0 aliphatic heterocycles. The summed E-state index contributed by atoms with van der Waals surface area (Å²) in [4.78, 5) is 17.1. The van der Waals surface area contributed by atoms with Crippen molar-refractivity contribution in [3.8, 4) is 33.9 Å². The molecule has 0 saturated heterocycles. The molecule has 0 saturated carbocycles. The first kappa shape index (κ1) is 17.5. The normalized spacial score (nSPS) is 11.4. The lowest BCUT2D eigenvalue weighted by molar-refractivity contribution is 1.10. The van der Waals surface area contributed by atoms with Crippen molar-refractivity contribution in [1.82, 2.24) is 30.1 Å². The van der Waals surface area contributed by atoms with Crippen LogP contribution in [0.15, 0.2) is 79.3 Å². The number of rotatable bonds is 3. The molecule has 6 heteroatoms. The van der Waals surface area contributed by atoms with Crippen LogP contribution in [0.1, 0.15) is 5.56 Å². The summed E-state index contributed by atoms with van der Waals surface area (Å²) in [6, 6.07) is 20.5. The number of hydrogen-bond acceptors (Lipinski definition) is 4. The van der Waals surface area contributed by atoms with Crippen LogP contribution in [-0.4, -0.2) is 30.1 Å². The molecule has 148 valence electrons. The minimum atomic E-state index is 0.672. The van der Waals surface area contributed by atoms with Crippen LogP contribution in [0.3, 0.4) is 0 Å². The molecule has 0 aliphatic rings. The van der Waals surface area contributed by atoms with Crippen LogP contribution >= 0.6 is 0 Å². The van der Waals surface area contributed by atoms with E-state index >= 15 is 0 Å². The van der Waals surface area contributed by atoms with E-state index in [0.29, 0.717) is 5.65 Å². The van der Waals surface area contributed by atoms with Crippen LogP contribution in [0, 0.1) is 6.92 Å². The van der Waals surface area contributed by atoms with Gasteiger partial charge in [0.25, 0.3) is 0 Å². The van der Waals surface area contributed by atoms with Crippen molar-refractivity contribution < 1.29 is 0 Å². The number of nitrogens with zero attached hydrogens (tertiary/aromatic N) is 4. The summed E-state index contributed by atoms with van der Waals surface area (Å²) in [6.07, 6.45) is 5.43. The predicted octanol–water partition coefficient (Wildman–Crippen LogP) is 5.54. The zero-order valence-corrected chi connectivity index (χ0v) is 16.8. The zero-order chi connectivity index (χ0) is 20.8. The Morgan fingerprint density at radius 1 is 0.774 bits per heavy atom. The first-order chi connectivity index (χ1) is 15.3. The molecule has 6 nitrogen and oxygen atoms in total. The van der Waals surface area contributed by atoms with Gasteiger partial charge in [-0.05, 0) is 37.3 Å². The van der Waals surface area contributed by atoms with Crippen LogP contribution in [0.25, 0.3) is 55.8 Å². The third kappa shape index (κ3) is 2.97. The highest BCUT2D eigenvalue weighted by Gasteiger charge is 2.15. The maximum Gasteiger partial charge on any atom is 0.181 e. The standard InChI is InChI=1S/C25H18N6/c1-15-5-7-16(8-6-15)23-18-13-22(29-21(18)9-11-27-23)24-19-12-17(14-28-25(19)31-30-24)20-4-2-3-10-26-20/h2-14,29H,1H3,(H,28,30,31). The number of aryl methyl sites for hydroxylation is 1. The lowest BCUT2D eigenvalue weighted by atomic mass is 10.1. The van der Waals surface area contributed by atoms with Crippen molar-refractivity contribution in [1.29, 1.82) is 0 Å². The van der Waals surface area contributed by atoms with Crippen LogP contribution in [0.5, 0.6) is 0 Å². The highest BCUT2D eigenvalue weighted by atomic mass is 15.2. The molecule has 0 radical (unpaired) electrons. The largest absolute Gasteiger partial charge is 0.353 e. The van der Waals surface area contributed by atoms with Gasteiger partial charge in [-0.15, -0.1) is 0 Å². The fourth-order valence-electron chi connectivity index (χ4n) is 3.91. The lowest BCUT2D eigenvalue weighted by Gasteiger charge is -2.02. The quantitative estimate of drug-likeness (QED) is 0.407. The van der Waals surface area contributed by atoms with Crippen LogP contribution in [0.2, 0.25) is 0 Å². The maximum absolute atomic E-state index is 4.65. The molecule has 0 amide bonds. The minimum absolute atomic E-state index is 0.672. The molecule has 0 aliphatic carbocycles. The van der Waals surface area contributed by atoms with Crippen molar-refractivity contribution in [3.05, 3.63) is 84.8 Å². The number of nitrogens with one attached hydrogen (secondary N) is 2. The van der Waals surface area contributed by atoms with Gasteiger partial charge in [0.1, 0.15) is 0 Å². The Balaban J connectivity index is 1.51. The summed E-state index contributed by atoms with van der Waals surface area (Å²) >= 11 is 0. The van der Waals surface area contributed by atoms with Gasteiger partial charge < -0.3 is 4.98 Å². The molecular formula is C25H18N6. The summed E-state index contributed by atoms with van der Waals surface area (Å²) in [5, 5.41) is 9.56. The fraction of sp³-hybridized carbons (Fsp3) is 0.0400. The first-order valence-corrected chi connectivity index (χ1v) is 10.1. The molecular weight excluding hydrogens is 384 g/mol. The third-order valence-corrected chi connectivity index (χ3v) is 5.51. The van der Waals surface area contributed by atoms with Crippen molar-refractivity contribution in [3.63, 3.8) is 0 Å². The van der Waals surface area contributed by atoms with Crippen LogP contribution < -0.4 is 0 Å². The summed E-state index contributed by atoms with van der Waals surface area (Å²) in [6.45, 7) is 2.09. The number of pyridine rings is 3. The molecule has 0 atom stereocenters. The van der Waals surface area contributed by atoms with E-state index in [9.17, 15) is 0 Å². The summed E-state index contributed by atoms with van der Waals surface area (Å²) < 4.78 is 0. The zero-order valence-electron chi connectivity index (χ0n) is 16.8. The molecule has 6 aromatic rings. The van der Waals surface area contributed by atoms with E-state index in [-0.39, 0.29) is 0 Å². The second kappa shape index (κ2) is 6.88. The van der Waals surface area contributed by atoms with Crippen LogP contribution in [-0.2, 0) is 0 Å². The molecule has 0 unspecified atom stereocenters. The summed E-state index contributed by atoms with van der Waals surface area (Å²) in [5.74, 6) is 0. The molecule has 6 rings (SSSR count). The number of fused-ring (bicyclic) bond motifs is 2. The second-order valence-electron chi connectivity index (χ2n) is 7.58. The van der Waals surface area contributed by atoms with E-state index in [0.717, 1.165) is 50.2 Å². The van der Waals surface area contributed by atoms with Gasteiger partial charge in [-0.3, -0.25) is 15.1 Å². The second-order valence-corrected chi connectivity index (χ2v) is 7.58. The summed E-state index contributed by atoms with van der Waals surface area (Å²) in [7, 11) is 0. The van der Waals surface area contributed by atoms with Gasteiger partial charge >= 0.3 is 0 Å². The number of aromatic nitrogens is 6. The molecule has 0 bridgehead atoms. The monoisotopic (exact) mass is 402 g/mol. The average Bonchev–Trinajstić information content (AvgIpc) is 3.43. The average molecular weight is 402 g/mol. The Labute approximate surface area is 178 Å². The molecule has 2 N–H and O–H groups in total. The highest BCUT2D eigenvalue weighted by molar-refractivity contribution is 5.99. The Hall–Kier alpha value is -4.32. The van der Waals surface area contributed by atoms with E-state index in [4.69, 9.17) is 0 Å². The molecule has 5 heterocycles. The topological polar surface area (TPSA) is 83.1 Å². The summed E-state index contributed by atoms with van der Waals surface area (Å²) in [5.41, 5.74) is 8.64. The molecule has 31 heavy (non-hydrogen) atoms. The van der Waals surface area contributed by atoms with Crippen molar-refractivity contribution in [2.45, 2.75) is 6.92 Å². The Morgan fingerprint density at radius 2 is 1.68 bits per heavy atom. The number of benzene rings is 1. The van der Waals surface area contributed by atoms with Gasteiger partial charge in [0.2, 0.25) is 0 Å². The maximum atomic E-state index is 4.65. The van der Waals surface area contributed by atoms with E-state index in [1.807, 2.05) is 30.5 Å². The van der Waals surface area contributed by atoms with Gasteiger partial charge in [0.15, 0.2) is 5.65 Å². The van der Waals surface area contributed by atoms with E-state index in [1.165, 1.54) is 5.56 Å². The highest BCUT2D eigenvalue weighted by Crippen LogP contribution is 2.33. The molecule has 0 spiro atoms. The Kier molecular flexibility index (Phi) is 3.89. The SMILES string of the molecule is Cc1ccc(-c2nccc3[nH]c(-c4[nH]nc5ncc(-c6ccccn6)cc45)cc23)cc1. The molecule has 5 aromatic heterocycles. The van der Waals surface area contributed by atoms with Crippen molar-refractivity contribution >= 4 is 21.9 Å². The Bertz CT molecular complexity index is 1530. The minimum Gasteiger partial charge on any atom is -0.353 e. The van der Waals surface area contributed by atoms with Crippen molar-refractivity contribution in [2.24, 2.45) is 0 Å². The van der Waals surface area contributed by atoms with Crippen molar-refractivity contribution in [2.75, 3.05) is 0 Å². The Morgan fingerprint density at radius 3 is 2.52 bits per heavy atom. The number of H-pyrrole nitrogens is 2. The van der Waals surface area contributed by atoms with Gasteiger partial charge in [0.05, 0.1) is 22.8 Å². The number of hydrogen-bond donors (Lipinski definition) is 2. The van der Waals surface area contributed by atoms with Gasteiger partial charge in [0, 0.05) is 46.0 Å². The van der Waals surface area contributed by atoms with E-state index in [1.54, 1.807) is 12.4 Å². The van der Waals surface area contributed by atoms with Gasteiger partial charge in [-0.1, -0.05) is 35.9 Å². The lowest BCUT2D eigenvalue weighted by Crippen LogP contribution is -1.85. The van der Waals surface area contributed by atoms with Crippen LogP contribution in [0.4, 0.5) is 0 Å².